The fraction of sp³-hybridized carbons (Fsp3) is 0.0526. The lowest BCUT2D eigenvalue weighted by Gasteiger charge is -2.10. The van der Waals surface area contributed by atoms with Gasteiger partial charge in [-0.05, 0) is 42.5 Å². The van der Waals surface area contributed by atoms with Crippen LogP contribution in [0.5, 0.6) is 11.5 Å². The summed E-state index contributed by atoms with van der Waals surface area (Å²) in [5, 5.41) is 10.3. The van der Waals surface area contributed by atoms with Crippen LogP contribution in [0.3, 0.4) is 0 Å². The van der Waals surface area contributed by atoms with Gasteiger partial charge in [-0.25, -0.2) is 9.38 Å². The first-order valence-electron chi connectivity index (χ1n) is 8.05. The molecule has 4 aromatic rings. The van der Waals surface area contributed by atoms with Crippen molar-refractivity contribution in [3.05, 3.63) is 63.2 Å². The Labute approximate surface area is 157 Å². The quantitative estimate of drug-likeness (QED) is 0.406. The molecule has 0 fully saturated rings. The second kappa shape index (κ2) is 5.65. The minimum absolute atomic E-state index is 0.0728. The number of benzene rings is 2. The largest absolute Gasteiger partial charge is 0.454 e. The van der Waals surface area contributed by atoms with E-state index < -0.39 is 0 Å². The molecule has 0 atom stereocenters. The van der Waals surface area contributed by atoms with Crippen molar-refractivity contribution in [1.82, 2.24) is 14.4 Å². The highest BCUT2D eigenvalue weighted by molar-refractivity contribution is 7.71. The van der Waals surface area contributed by atoms with E-state index in [1.807, 2.05) is 6.07 Å². The summed E-state index contributed by atoms with van der Waals surface area (Å²) in [6, 6.07) is 14.5. The molecule has 1 aliphatic rings. The predicted molar refractivity (Wildman–Crippen MR) is 100 cm³/mol. The summed E-state index contributed by atoms with van der Waals surface area (Å²) in [5.74, 6) is 1.20. The van der Waals surface area contributed by atoms with Gasteiger partial charge in [0.25, 0.3) is 5.56 Å². The van der Waals surface area contributed by atoms with Crippen LogP contribution in [0.2, 0.25) is 0 Å². The summed E-state index contributed by atoms with van der Waals surface area (Å²) in [6.07, 6.45) is 0. The first-order chi connectivity index (χ1) is 13.2. The van der Waals surface area contributed by atoms with E-state index in [0.29, 0.717) is 39.3 Å². The second-order valence-corrected chi connectivity index (χ2v) is 6.32. The molecule has 130 valence electrons. The van der Waals surface area contributed by atoms with E-state index in [2.05, 4.69) is 16.0 Å². The third-order valence-electron chi connectivity index (χ3n) is 4.47. The highest BCUT2D eigenvalue weighted by Crippen LogP contribution is 2.36. The minimum Gasteiger partial charge on any atom is -0.454 e. The van der Waals surface area contributed by atoms with Crippen molar-refractivity contribution in [3.8, 4) is 28.8 Å². The fourth-order valence-corrected chi connectivity index (χ4v) is 3.48. The van der Waals surface area contributed by atoms with Crippen LogP contribution < -0.4 is 15.0 Å². The zero-order valence-electron chi connectivity index (χ0n) is 13.7. The molecule has 0 spiro atoms. The summed E-state index contributed by atoms with van der Waals surface area (Å²) in [4.78, 5) is 20.4. The summed E-state index contributed by atoms with van der Waals surface area (Å²) < 4.78 is 12.1. The number of rotatable bonds is 1. The normalized spacial score (nSPS) is 12.4. The van der Waals surface area contributed by atoms with E-state index in [0.717, 1.165) is 0 Å². The maximum absolute atomic E-state index is 12.9. The SMILES string of the molecule is N#Cc1c(-c2ccc3c(c2)OCO3)nc(=S)n2c(=O)c3ccccc3[nH]c12. The highest BCUT2D eigenvalue weighted by atomic mass is 32.1. The lowest BCUT2D eigenvalue weighted by Crippen LogP contribution is -2.18. The molecule has 0 radical (unpaired) electrons. The molecule has 27 heavy (non-hydrogen) atoms. The van der Waals surface area contributed by atoms with Crippen molar-refractivity contribution >= 4 is 28.8 Å². The van der Waals surface area contributed by atoms with Crippen LogP contribution >= 0.6 is 12.2 Å². The molecule has 0 saturated heterocycles. The number of nitrogens with zero attached hydrogens (tertiary/aromatic N) is 3. The first kappa shape index (κ1) is 15.5. The number of aromatic nitrogens is 3. The average molecular weight is 374 g/mol. The summed E-state index contributed by atoms with van der Waals surface area (Å²) in [6.45, 7) is 0.149. The number of hydrogen-bond donors (Lipinski definition) is 1. The van der Waals surface area contributed by atoms with Gasteiger partial charge in [0.2, 0.25) is 11.6 Å². The molecule has 0 amide bonds. The third kappa shape index (κ3) is 2.22. The Kier molecular flexibility index (Phi) is 3.26. The van der Waals surface area contributed by atoms with Gasteiger partial charge in [0.1, 0.15) is 17.3 Å². The zero-order valence-corrected chi connectivity index (χ0v) is 14.5. The van der Waals surface area contributed by atoms with Crippen LogP contribution in [0.1, 0.15) is 5.56 Å². The standard InChI is InChI=1S/C19H10N4O3S/c20-8-12-16(10-5-6-14-15(7-10)26-9-25-14)22-19(27)23-17(12)21-13-4-2-1-3-11(13)18(23)24/h1-7,21H,9H2. The van der Waals surface area contributed by atoms with Gasteiger partial charge in [-0.1, -0.05) is 12.1 Å². The van der Waals surface area contributed by atoms with Crippen LogP contribution in [0, 0.1) is 16.1 Å². The van der Waals surface area contributed by atoms with Crippen LogP contribution in [-0.2, 0) is 0 Å². The summed E-state index contributed by atoms with van der Waals surface area (Å²) in [7, 11) is 0. The van der Waals surface area contributed by atoms with Crippen molar-refractivity contribution in [2.45, 2.75) is 0 Å². The number of H-pyrrole nitrogens is 1. The van der Waals surface area contributed by atoms with Crippen molar-refractivity contribution < 1.29 is 9.47 Å². The molecule has 1 aliphatic heterocycles. The molecule has 3 heterocycles. The van der Waals surface area contributed by atoms with Crippen LogP contribution in [0.4, 0.5) is 0 Å². The van der Waals surface area contributed by atoms with E-state index in [9.17, 15) is 10.1 Å². The van der Waals surface area contributed by atoms with Crippen LogP contribution in [0.15, 0.2) is 47.3 Å². The van der Waals surface area contributed by atoms with E-state index in [1.165, 1.54) is 4.40 Å². The molecule has 2 aromatic carbocycles. The molecule has 7 nitrogen and oxygen atoms in total. The average Bonchev–Trinajstić information content (AvgIpc) is 3.15. The van der Waals surface area contributed by atoms with Crippen LogP contribution in [-0.4, -0.2) is 21.2 Å². The van der Waals surface area contributed by atoms with Gasteiger partial charge in [-0.3, -0.25) is 4.79 Å². The number of aromatic amines is 1. The molecular formula is C19H10N4O3S. The number of nitriles is 1. The van der Waals surface area contributed by atoms with Gasteiger partial charge < -0.3 is 14.5 Å². The van der Waals surface area contributed by atoms with Gasteiger partial charge in [0, 0.05) is 5.56 Å². The molecular weight excluding hydrogens is 364 g/mol. The Hall–Kier alpha value is -3.70. The maximum Gasteiger partial charge on any atom is 0.267 e. The number of nitrogens with one attached hydrogen (secondary N) is 1. The maximum atomic E-state index is 12.9. The number of para-hydroxylation sites is 1. The molecule has 0 aliphatic carbocycles. The predicted octanol–water partition coefficient (Wildman–Crippen LogP) is 3.17. The van der Waals surface area contributed by atoms with Gasteiger partial charge in [-0.2, -0.15) is 5.26 Å². The molecule has 0 unspecified atom stereocenters. The van der Waals surface area contributed by atoms with Crippen molar-refractivity contribution in [2.24, 2.45) is 0 Å². The molecule has 8 heteroatoms. The van der Waals surface area contributed by atoms with Gasteiger partial charge in [0.15, 0.2) is 11.5 Å². The molecule has 5 rings (SSSR count). The van der Waals surface area contributed by atoms with Crippen molar-refractivity contribution in [1.29, 1.82) is 5.26 Å². The molecule has 2 aromatic heterocycles. The Bertz CT molecular complexity index is 1420. The number of ether oxygens (including phenoxy) is 2. The first-order valence-corrected chi connectivity index (χ1v) is 8.46. The van der Waals surface area contributed by atoms with E-state index in [1.54, 1.807) is 36.4 Å². The van der Waals surface area contributed by atoms with Gasteiger partial charge in [0.05, 0.1) is 16.6 Å². The fourth-order valence-electron chi connectivity index (χ4n) is 3.21. The van der Waals surface area contributed by atoms with Gasteiger partial charge >= 0.3 is 0 Å². The van der Waals surface area contributed by atoms with E-state index in [-0.39, 0.29) is 22.7 Å². The smallest absolute Gasteiger partial charge is 0.267 e. The second-order valence-electron chi connectivity index (χ2n) is 5.96. The highest BCUT2D eigenvalue weighted by Gasteiger charge is 2.19. The number of hydrogen-bond acceptors (Lipinski definition) is 6. The molecule has 1 N–H and O–H groups in total. The minimum atomic E-state index is -0.314. The molecule has 0 saturated carbocycles. The van der Waals surface area contributed by atoms with Crippen LogP contribution in [0.25, 0.3) is 27.8 Å². The van der Waals surface area contributed by atoms with E-state index >= 15 is 0 Å². The Morgan fingerprint density at radius 3 is 2.85 bits per heavy atom. The zero-order chi connectivity index (χ0) is 18.5. The third-order valence-corrected chi connectivity index (χ3v) is 4.74. The molecule has 0 bridgehead atoms. The van der Waals surface area contributed by atoms with Crippen molar-refractivity contribution in [2.75, 3.05) is 6.79 Å². The monoisotopic (exact) mass is 374 g/mol. The Balaban J connectivity index is 1.90. The lowest BCUT2D eigenvalue weighted by molar-refractivity contribution is 0.174. The summed E-state index contributed by atoms with van der Waals surface area (Å²) >= 11 is 5.37. The van der Waals surface area contributed by atoms with Gasteiger partial charge in [-0.15, -0.1) is 0 Å². The summed E-state index contributed by atoms with van der Waals surface area (Å²) in [5.41, 5.74) is 1.88. The Morgan fingerprint density at radius 2 is 2.00 bits per heavy atom. The van der Waals surface area contributed by atoms with E-state index in [4.69, 9.17) is 21.7 Å². The lowest BCUT2D eigenvalue weighted by atomic mass is 10.1. The topological polar surface area (TPSA) is 92.4 Å². The number of fused-ring (bicyclic) bond motifs is 3. The Morgan fingerprint density at radius 1 is 1.19 bits per heavy atom. The van der Waals surface area contributed by atoms with Crippen molar-refractivity contribution in [3.63, 3.8) is 0 Å².